The van der Waals surface area contributed by atoms with E-state index in [0.717, 1.165) is 16.0 Å². The lowest BCUT2D eigenvalue weighted by atomic mass is 10.1. The number of amides is 3. The van der Waals surface area contributed by atoms with Crippen molar-refractivity contribution < 1.29 is 19.1 Å². The highest BCUT2D eigenvalue weighted by molar-refractivity contribution is 8.00. The Kier molecular flexibility index (Phi) is 10.2. The molecule has 4 aromatic carbocycles. The predicted octanol–water partition coefficient (Wildman–Crippen LogP) is 6.80. The maximum atomic E-state index is 13.2. The molecule has 9 heteroatoms. The Labute approximate surface area is 248 Å². The third-order valence-electron chi connectivity index (χ3n) is 5.80. The van der Waals surface area contributed by atoms with Gasteiger partial charge in [-0.25, -0.2) is 0 Å². The molecule has 3 N–H and O–H groups in total. The molecule has 4 aromatic rings. The van der Waals surface area contributed by atoms with E-state index < -0.39 is 5.91 Å². The summed E-state index contributed by atoms with van der Waals surface area (Å²) in [5, 5.41) is 8.88. The fourth-order valence-electron chi connectivity index (χ4n) is 3.81. The van der Waals surface area contributed by atoms with E-state index in [1.54, 1.807) is 72.8 Å². The molecule has 0 aliphatic carbocycles. The van der Waals surface area contributed by atoms with E-state index in [2.05, 4.69) is 16.0 Å². The summed E-state index contributed by atoms with van der Waals surface area (Å²) in [6, 6.07) is 28.4. The van der Waals surface area contributed by atoms with E-state index in [-0.39, 0.29) is 23.3 Å². The van der Waals surface area contributed by atoms with Crippen LogP contribution < -0.4 is 20.7 Å². The highest BCUT2D eigenvalue weighted by Gasteiger charge is 2.15. The molecule has 0 saturated heterocycles. The summed E-state index contributed by atoms with van der Waals surface area (Å²) < 4.78 is 5.27. The summed E-state index contributed by atoms with van der Waals surface area (Å²) >= 11 is 7.38. The third kappa shape index (κ3) is 8.73. The van der Waals surface area contributed by atoms with Crippen molar-refractivity contribution >= 4 is 58.5 Å². The highest BCUT2D eigenvalue weighted by atomic mass is 35.5. The topological polar surface area (TPSA) is 96.5 Å². The van der Waals surface area contributed by atoms with Gasteiger partial charge >= 0.3 is 0 Å². The minimum atomic E-state index is -0.467. The smallest absolute Gasteiger partial charge is 0.272 e. The van der Waals surface area contributed by atoms with E-state index >= 15 is 0 Å². The molecular formula is C32H28ClN3O4S. The van der Waals surface area contributed by atoms with Gasteiger partial charge in [0.15, 0.2) is 0 Å². The lowest BCUT2D eigenvalue weighted by Crippen LogP contribution is -2.30. The molecule has 41 heavy (non-hydrogen) atoms. The quantitative estimate of drug-likeness (QED) is 0.140. The SMILES string of the molecule is COc1ccc(Cl)cc1NC(=O)CSc1ccc(NC(=O)/C(=C/c2cccc(C)c2)NC(=O)c2ccccc2)cc1. The molecule has 0 aliphatic rings. The van der Waals surface area contributed by atoms with Gasteiger partial charge in [0.1, 0.15) is 11.4 Å². The van der Waals surface area contributed by atoms with Gasteiger partial charge in [0, 0.05) is 21.2 Å². The van der Waals surface area contributed by atoms with Crippen LogP contribution in [0.15, 0.2) is 108 Å². The third-order valence-corrected chi connectivity index (χ3v) is 7.05. The number of carbonyl (C=O) groups is 3. The van der Waals surface area contributed by atoms with Crippen LogP contribution >= 0.6 is 23.4 Å². The van der Waals surface area contributed by atoms with Crippen molar-refractivity contribution in [2.75, 3.05) is 23.5 Å². The number of rotatable bonds is 10. The van der Waals surface area contributed by atoms with E-state index in [9.17, 15) is 14.4 Å². The number of ether oxygens (including phenoxy) is 1. The number of halogens is 1. The van der Waals surface area contributed by atoms with Crippen LogP contribution in [-0.4, -0.2) is 30.6 Å². The van der Waals surface area contributed by atoms with Crippen molar-refractivity contribution in [2.45, 2.75) is 11.8 Å². The predicted molar refractivity (Wildman–Crippen MR) is 165 cm³/mol. The largest absolute Gasteiger partial charge is 0.495 e. The van der Waals surface area contributed by atoms with Gasteiger partial charge in [-0.15, -0.1) is 11.8 Å². The van der Waals surface area contributed by atoms with Crippen LogP contribution in [0.4, 0.5) is 11.4 Å². The number of thioether (sulfide) groups is 1. The molecule has 0 spiro atoms. The van der Waals surface area contributed by atoms with Gasteiger partial charge in [0.25, 0.3) is 11.8 Å². The molecule has 0 bridgehead atoms. The average Bonchev–Trinajstić information content (AvgIpc) is 2.97. The first-order chi connectivity index (χ1) is 19.8. The highest BCUT2D eigenvalue weighted by Crippen LogP contribution is 2.28. The number of nitrogens with one attached hydrogen (secondary N) is 3. The number of hydrogen-bond donors (Lipinski definition) is 3. The van der Waals surface area contributed by atoms with Crippen molar-refractivity contribution in [3.63, 3.8) is 0 Å². The fourth-order valence-corrected chi connectivity index (χ4v) is 4.69. The molecule has 7 nitrogen and oxygen atoms in total. The van der Waals surface area contributed by atoms with Crippen molar-refractivity contribution in [3.05, 3.63) is 124 Å². The Balaban J connectivity index is 1.40. The number of carbonyl (C=O) groups excluding carboxylic acids is 3. The Bertz CT molecular complexity index is 1570. The molecule has 208 valence electrons. The van der Waals surface area contributed by atoms with Crippen LogP contribution in [-0.2, 0) is 9.59 Å². The van der Waals surface area contributed by atoms with Crippen LogP contribution in [0.25, 0.3) is 6.08 Å². The van der Waals surface area contributed by atoms with Crippen molar-refractivity contribution in [2.24, 2.45) is 0 Å². The minimum absolute atomic E-state index is 0.107. The number of anilines is 2. The summed E-state index contributed by atoms with van der Waals surface area (Å²) in [4.78, 5) is 39.4. The first-order valence-electron chi connectivity index (χ1n) is 12.6. The van der Waals surface area contributed by atoms with Crippen LogP contribution in [0.1, 0.15) is 21.5 Å². The number of benzene rings is 4. The second-order valence-corrected chi connectivity index (χ2v) is 10.4. The molecule has 0 aliphatic heterocycles. The molecule has 0 aromatic heterocycles. The fraction of sp³-hybridized carbons (Fsp3) is 0.0938. The number of aryl methyl sites for hydroxylation is 1. The monoisotopic (exact) mass is 585 g/mol. The molecule has 0 fully saturated rings. The van der Waals surface area contributed by atoms with E-state index in [0.29, 0.717) is 27.7 Å². The van der Waals surface area contributed by atoms with Gasteiger partial charge in [0.2, 0.25) is 5.91 Å². The summed E-state index contributed by atoms with van der Waals surface area (Å²) in [5.74, 6) is -0.390. The van der Waals surface area contributed by atoms with Gasteiger partial charge in [-0.1, -0.05) is 59.6 Å². The summed E-state index contributed by atoms with van der Waals surface area (Å²) in [7, 11) is 1.52. The molecule has 0 unspecified atom stereocenters. The maximum absolute atomic E-state index is 13.2. The van der Waals surface area contributed by atoms with E-state index in [1.165, 1.54) is 18.9 Å². The van der Waals surface area contributed by atoms with E-state index in [1.807, 2.05) is 37.3 Å². The van der Waals surface area contributed by atoms with Gasteiger partial charge in [-0.2, -0.15) is 0 Å². The molecule has 3 amide bonds. The first kappa shape index (κ1) is 29.5. The van der Waals surface area contributed by atoms with Crippen LogP contribution in [0.3, 0.4) is 0 Å². The Morgan fingerprint density at radius 1 is 0.878 bits per heavy atom. The van der Waals surface area contributed by atoms with Gasteiger partial charge in [-0.05, 0) is 73.2 Å². The van der Waals surface area contributed by atoms with Gasteiger partial charge in [0.05, 0.1) is 18.6 Å². The van der Waals surface area contributed by atoms with Crippen molar-refractivity contribution in [3.8, 4) is 5.75 Å². The number of hydrogen-bond acceptors (Lipinski definition) is 5. The molecule has 0 heterocycles. The Morgan fingerprint density at radius 2 is 1.63 bits per heavy atom. The van der Waals surface area contributed by atoms with Gasteiger partial charge < -0.3 is 20.7 Å². The maximum Gasteiger partial charge on any atom is 0.272 e. The molecule has 0 atom stereocenters. The molecular weight excluding hydrogens is 558 g/mol. The lowest BCUT2D eigenvalue weighted by Gasteiger charge is -2.12. The standard InChI is InChI=1S/C32H28ClN3O4S/c1-21-7-6-8-22(17-21)18-28(36-31(38)23-9-4-3-5-10-23)32(39)34-25-12-14-26(15-13-25)41-20-30(37)35-27-19-24(33)11-16-29(27)40-2/h3-19H,20H2,1-2H3,(H,34,39)(H,35,37)(H,36,38)/b28-18-. The van der Waals surface area contributed by atoms with Crippen LogP contribution in [0, 0.1) is 6.92 Å². The van der Waals surface area contributed by atoms with Crippen LogP contribution in [0.2, 0.25) is 5.02 Å². The van der Waals surface area contributed by atoms with Crippen molar-refractivity contribution in [1.82, 2.24) is 5.32 Å². The summed E-state index contributed by atoms with van der Waals surface area (Å²) in [6.07, 6.45) is 1.64. The minimum Gasteiger partial charge on any atom is -0.495 e. The van der Waals surface area contributed by atoms with Crippen LogP contribution in [0.5, 0.6) is 5.75 Å². The molecule has 0 saturated carbocycles. The second kappa shape index (κ2) is 14.2. The second-order valence-electron chi connectivity index (χ2n) is 8.95. The zero-order valence-electron chi connectivity index (χ0n) is 22.4. The van der Waals surface area contributed by atoms with E-state index in [4.69, 9.17) is 16.3 Å². The first-order valence-corrected chi connectivity index (χ1v) is 14.0. The zero-order chi connectivity index (χ0) is 29.2. The summed E-state index contributed by atoms with van der Waals surface area (Å²) in [6.45, 7) is 1.96. The van der Waals surface area contributed by atoms with Crippen molar-refractivity contribution in [1.29, 1.82) is 0 Å². The Morgan fingerprint density at radius 3 is 2.34 bits per heavy atom. The Hall–Kier alpha value is -4.53. The van der Waals surface area contributed by atoms with Gasteiger partial charge in [-0.3, -0.25) is 14.4 Å². The molecule has 0 radical (unpaired) electrons. The molecule has 4 rings (SSSR count). The zero-order valence-corrected chi connectivity index (χ0v) is 24.0. The lowest BCUT2D eigenvalue weighted by molar-refractivity contribution is -0.114. The average molecular weight is 586 g/mol. The summed E-state index contributed by atoms with van der Waals surface area (Å²) in [5.41, 5.74) is 3.39. The normalized spacial score (nSPS) is 11.0. The number of methoxy groups -OCH3 is 1.